The zero-order chi connectivity index (χ0) is 22.2. The van der Waals surface area contributed by atoms with E-state index in [-0.39, 0.29) is 17.1 Å². The molecule has 0 saturated heterocycles. The first kappa shape index (κ1) is 21.1. The second-order valence-electron chi connectivity index (χ2n) is 6.90. The summed E-state index contributed by atoms with van der Waals surface area (Å²) in [6, 6.07) is 15.0. The van der Waals surface area contributed by atoms with E-state index in [4.69, 9.17) is 16.3 Å². The zero-order valence-electron chi connectivity index (χ0n) is 16.4. The molecule has 9 heteroatoms. The summed E-state index contributed by atoms with van der Waals surface area (Å²) >= 11 is 5.97. The number of methoxy groups -OCH3 is 1. The Bertz CT molecular complexity index is 1280. The number of halogens is 2. The van der Waals surface area contributed by atoms with Gasteiger partial charge in [0.05, 0.1) is 28.9 Å². The Labute approximate surface area is 184 Å². The van der Waals surface area contributed by atoms with Crippen molar-refractivity contribution in [2.24, 2.45) is 0 Å². The molecule has 0 bridgehead atoms. The van der Waals surface area contributed by atoms with Gasteiger partial charge in [0, 0.05) is 11.6 Å². The molecule has 0 aliphatic carbocycles. The van der Waals surface area contributed by atoms with Crippen molar-refractivity contribution in [2.75, 3.05) is 23.3 Å². The van der Waals surface area contributed by atoms with Crippen molar-refractivity contribution in [3.8, 4) is 5.75 Å². The van der Waals surface area contributed by atoms with Crippen LogP contribution in [-0.4, -0.2) is 28.0 Å². The predicted octanol–water partition coefficient (Wildman–Crippen LogP) is 4.49. The highest BCUT2D eigenvalue weighted by atomic mass is 35.5. The molecule has 0 radical (unpaired) electrons. The van der Waals surface area contributed by atoms with Gasteiger partial charge in [-0.2, -0.15) is 0 Å². The van der Waals surface area contributed by atoms with Crippen LogP contribution in [0.25, 0.3) is 0 Å². The van der Waals surface area contributed by atoms with Gasteiger partial charge >= 0.3 is 0 Å². The number of nitrogens with zero attached hydrogens (tertiary/aromatic N) is 1. The van der Waals surface area contributed by atoms with E-state index in [1.165, 1.54) is 17.5 Å². The molecule has 1 N–H and O–H groups in total. The second-order valence-corrected chi connectivity index (χ2v) is 9.20. The fraction of sp³-hybridized carbons (Fsp3) is 0.136. The van der Waals surface area contributed by atoms with Crippen LogP contribution in [0.5, 0.6) is 5.75 Å². The van der Waals surface area contributed by atoms with Crippen LogP contribution in [0.15, 0.2) is 65.6 Å². The smallest absolute Gasteiger partial charge is 0.264 e. The maximum Gasteiger partial charge on any atom is 0.264 e. The number of sulfonamides is 1. The highest BCUT2D eigenvalue weighted by Gasteiger charge is 2.31. The first-order valence-corrected chi connectivity index (χ1v) is 11.2. The molecule has 1 amide bonds. The number of carbonyl (C=O) groups is 1. The summed E-state index contributed by atoms with van der Waals surface area (Å²) in [6.45, 7) is 0.278. The number of carbonyl (C=O) groups excluding carboxylic acids is 1. The lowest BCUT2D eigenvalue weighted by molar-refractivity contribution is 0.102. The van der Waals surface area contributed by atoms with E-state index < -0.39 is 27.3 Å². The number of fused-ring (bicyclic) bond motifs is 1. The maximum absolute atomic E-state index is 14.5. The SMILES string of the molecule is COc1ccc(Cl)cc1NC(=O)c1cc(S(=O)(=O)N2CCc3ccccc32)ccc1F. The van der Waals surface area contributed by atoms with Crippen LogP contribution in [0.2, 0.25) is 5.02 Å². The molecule has 6 nitrogen and oxygen atoms in total. The second kappa shape index (κ2) is 8.20. The van der Waals surface area contributed by atoms with Gasteiger partial charge < -0.3 is 10.1 Å². The molecule has 1 aliphatic heterocycles. The van der Waals surface area contributed by atoms with E-state index >= 15 is 0 Å². The molecule has 0 aromatic heterocycles. The number of amides is 1. The van der Waals surface area contributed by atoms with Gasteiger partial charge in [0.25, 0.3) is 15.9 Å². The quantitative estimate of drug-likeness (QED) is 0.608. The first-order valence-electron chi connectivity index (χ1n) is 9.36. The van der Waals surface area contributed by atoms with Gasteiger partial charge in [0.2, 0.25) is 0 Å². The molecule has 0 spiro atoms. The molecular formula is C22H18ClFN2O4S. The topological polar surface area (TPSA) is 75.7 Å². The average molecular weight is 461 g/mol. The highest BCUT2D eigenvalue weighted by Crippen LogP contribution is 2.33. The molecule has 0 fully saturated rings. The van der Waals surface area contributed by atoms with Gasteiger partial charge in [0.1, 0.15) is 11.6 Å². The number of hydrogen-bond donors (Lipinski definition) is 1. The van der Waals surface area contributed by atoms with Crippen LogP contribution in [0.4, 0.5) is 15.8 Å². The van der Waals surface area contributed by atoms with Crippen LogP contribution < -0.4 is 14.4 Å². The fourth-order valence-corrected chi connectivity index (χ4v) is 5.19. The lowest BCUT2D eigenvalue weighted by atomic mass is 10.2. The molecule has 0 saturated carbocycles. The summed E-state index contributed by atoms with van der Waals surface area (Å²) in [7, 11) is -2.56. The Balaban J connectivity index is 1.68. The number of anilines is 2. The van der Waals surface area contributed by atoms with E-state index in [2.05, 4.69) is 5.32 Å². The van der Waals surface area contributed by atoms with Crippen molar-refractivity contribution >= 4 is 38.9 Å². The third kappa shape index (κ3) is 3.96. The third-order valence-electron chi connectivity index (χ3n) is 5.02. The molecule has 160 valence electrons. The van der Waals surface area contributed by atoms with E-state index in [9.17, 15) is 17.6 Å². The molecular weight excluding hydrogens is 443 g/mol. The molecule has 31 heavy (non-hydrogen) atoms. The van der Waals surface area contributed by atoms with Gasteiger partial charge in [-0.05, 0) is 54.4 Å². The standard InChI is InChI=1S/C22H18ClFN2O4S/c1-30-21-9-6-15(23)12-19(21)25-22(27)17-13-16(7-8-18(17)24)31(28,29)26-11-10-14-4-2-3-5-20(14)26/h2-9,12-13H,10-11H2,1H3,(H,25,27). The van der Waals surface area contributed by atoms with Crippen LogP contribution in [0.1, 0.15) is 15.9 Å². The summed E-state index contributed by atoms with van der Waals surface area (Å²) in [5, 5.41) is 2.87. The Morgan fingerprint density at radius 2 is 1.90 bits per heavy atom. The predicted molar refractivity (Wildman–Crippen MR) is 117 cm³/mol. The Morgan fingerprint density at radius 3 is 2.68 bits per heavy atom. The van der Waals surface area contributed by atoms with Crippen molar-refractivity contribution in [2.45, 2.75) is 11.3 Å². The third-order valence-corrected chi connectivity index (χ3v) is 7.07. The lowest BCUT2D eigenvalue weighted by Crippen LogP contribution is -2.29. The molecule has 0 unspecified atom stereocenters. The lowest BCUT2D eigenvalue weighted by Gasteiger charge is -2.20. The van der Waals surface area contributed by atoms with Gasteiger partial charge in [-0.3, -0.25) is 9.10 Å². The summed E-state index contributed by atoms with van der Waals surface area (Å²) < 4.78 is 47.4. The van der Waals surface area contributed by atoms with Crippen molar-refractivity contribution in [3.63, 3.8) is 0 Å². The Morgan fingerprint density at radius 1 is 1.13 bits per heavy atom. The van der Waals surface area contributed by atoms with E-state index in [0.29, 0.717) is 22.9 Å². The fourth-order valence-electron chi connectivity index (χ4n) is 3.49. The average Bonchev–Trinajstić information content (AvgIpc) is 3.19. The van der Waals surface area contributed by atoms with Crippen molar-refractivity contribution in [1.29, 1.82) is 0 Å². The van der Waals surface area contributed by atoms with Crippen LogP contribution >= 0.6 is 11.6 Å². The molecule has 1 heterocycles. The van der Waals surface area contributed by atoms with Crippen LogP contribution in [-0.2, 0) is 16.4 Å². The molecule has 0 atom stereocenters. The highest BCUT2D eigenvalue weighted by molar-refractivity contribution is 7.92. The van der Waals surface area contributed by atoms with Crippen LogP contribution in [0, 0.1) is 5.82 Å². The van der Waals surface area contributed by atoms with E-state index in [0.717, 1.165) is 23.8 Å². The van der Waals surface area contributed by atoms with Gasteiger partial charge in [0.15, 0.2) is 0 Å². The van der Waals surface area contributed by atoms with Gasteiger partial charge in [-0.25, -0.2) is 12.8 Å². The summed E-state index contributed by atoms with van der Waals surface area (Å²) in [4.78, 5) is 12.6. The summed E-state index contributed by atoms with van der Waals surface area (Å²) in [5.74, 6) is -1.34. The molecule has 3 aromatic rings. The number of benzene rings is 3. The monoisotopic (exact) mass is 460 g/mol. The van der Waals surface area contributed by atoms with E-state index in [1.54, 1.807) is 24.3 Å². The normalized spacial score (nSPS) is 13.1. The number of hydrogen-bond acceptors (Lipinski definition) is 4. The zero-order valence-corrected chi connectivity index (χ0v) is 18.0. The van der Waals surface area contributed by atoms with Gasteiger partial charge in [-0.15, -0.1) is 0 Å². The summed E-state index contributed by atoms with van der Waals surface area (Å²) in [6.07, 6.45) is 0.582. The van der Waals surface area contributed by atoms with Gasteiger partial charge in [-0.1, -0.05) is 29.8 Å². The first-order chi connectivity index (χ1) is 14.8. The maximum atomic E-state index is 14.5. The summed E-state index contributed by atoms with van der Waals surface area (Å²) in [5.41, 5.74) is 1.33. The minimum absolute atomic E-state index is 0.172. The van der Waals surface area contributed by atoms with Crippen molar-refractivity contribution in [1.82, 2.24) is 0 Å². The van der Waals surface area contributed by atoms with Crippen molar-refractivity contribution < 1.29 is 22.3 Å². The molecule has 1 aliphatic rings. The largest absolute Gasteiger partial charge is 0.495 e. The Hall–Kier alpha value is -3.10. The number of ether oxygens (including phenoxy) is 1. The van der Waals surface area contributed by atoms with E-state index in [1.807, 2.05) is 12.1 Å². The van der Waals surface area contributed by atoms with Crippen molar-refractivity contribution in [3.05, 3.63) is 82.6 Å². The minimum atomic E-state index is -3.98. The number of nitrogens with one attached hydrogen (secondary N) is 1. The molecule has 4 rings (SSSR count). The Kier molecular flexibility index (Phi) is 5.60. The number of rotatable bonds is 5. The molecule has 3 aromatic carbocycles. The van der Waals surface area contributed by atoms with Crippen LogP contribution in [0.3, 0.4) is 0 Å². The number of para-hydroxylation sites is 1. The minimum Gasteiger partial charge on any atom is -0.495 e.